The molecule has 0 aliphatic carbocycles. The lowest BCUT2D eigenvalue weighted by atomic mass is 10.1. The number of aliphatic hydroxyl groups excluding tert-OH is 3. The Morgan fingerprint density at radius 2 is 1.78 bits per heavy atom. The van der Waals surface area contributed by atoms with Crippen LogP contribution in [0, 0.1) is 0 Å². The molecule has 1 saturated heterocycles. The first-order valence-corrected chi connectivity index (χ1v) is 2.86. The Labute approximate surface area is 52.7 Å². The van der Waals surface area contributed by atoms with Gasteiger partial charge >= 0.3 is 0 Å². The average molecular weight is 134 g/mol. The molecule has 0 amide bonds. The van der Waals surface area contributed by atoms with Crippen molar-refractivity contribution in [3.63, 3.8) is 0 Å². The fraction of sp³-hybridized carbons (Fsp3) is 1.00. The van der Waals surface area contributed by atoms with Gasteiger partial charge in [0.15, 0.2) is 6.29 Å². The molecular weight excluding hydrogens is 124 g/mol. The molecule has 1 fully saturated rings. The van der Waals surface area contributed by atoms with Crippen LogP contribution in [-0.4, -0.2) is 40.4 Å². The van der Waals surface area contributed by atoms with Crippen LogP contribution >= 0.6 is 0 Å². The molecule has 0 aromatic rings. The predicted molar refractivity (Wildman–Crippen MR) is 28.6 cm³/mol. The van der Waals surface area contributed by atoms with Crippen LogP contribution in [0.4, 0.5) is 0 Å². The molecule has 3 atom stereocenters. The van der Waals surface area contributed by atoms with Gasteiger partial charge in [-0.2, -0.15) is 0 Å². The van der Waals surface area contributed by atoms with Crippen molar-refractivity contribution in [1.29, 1.82) is 0 Å². The lowest BCUT2D eigenvalue weighted by Gasteiger charge is -2.26. The molecule has 1 rings (SSSR count). The van der Waals surface area contributed by atoms with Gasteiger partial charge in [0.05, 0.1) is 12.7 Å². The van der Waals surface area contributed by atoms with E-state index in [1.54, 1.807) is 0 Å². The molecule has 1 aliphatic rings. The molecule has 4 heteroatoms. The molecular formula is C5H10O4. The summed E-state index contributed by atoms with van der Waals surface area (Å²) < 4.78 is 4.61. The van der Waals surface area contributed by atoms with Gasteiger partial charge in [0.2, 0.25) is 0 Å². The Morgan fingerprint density at radius 1 is 1.11 bits per heavy atom. The smallest absolute Gasteiger partial charge is 0.157 e. The highest BCUT2D eigenvalue weighted by Crippen LogP contribution is 2.11. The first kappa shape index (κ1) is 6.95. The Morgan fingerprint density at radius 3 is 2.22 bits per heavy atom. The Bertz CT molecular complexity index is 95.0. The molecule has 0 radical (unpaired) electrons. The normalized spacial score (nSPS) is 45.0. The summed E-state index contributed by atoms with van der Waals surface area (Å²) in [5, 5.41) is 26.4. The van der Waals surface area contributed by atoms with Gasteiger partial charge in [-0.25, -0.2) is 0 Å². The summed E-state index contributed by atoms with van der Waals surface area (Å²) in [6.07, 6.45) is -2.49. The predicted octanol–water partition coefficient (Wildman–Crippen LogP) is -1.55. The summed E-state index contributed by atoms with van der Waals surface area (Å²) >= 11 is 0. The summed E-state index contributed by atoms with van der Waals surface area (Å²) in [5.74, 6) is 0. The van der Waals surface area contributed by atoms with Crippen molar-refractivity contribution in [2.24, 2.45) is 0 Å². The van der Waals surface area contributed by atoms with E-state index in [0.29, 0.717) is 0 Å². The van der Waals surface area contributed by atoms with Gasteiger partial charge < -0.3 is 20.1 Å². The number of ether oxygens (including phenoxy) is 1. The third kappa shape index (κ3) is 1.62. The lowest BCUT2D eigenvalue weighted by Crippen LogP contribution is -2.40. The van der Waals surface area contributed by atoms with Crippen LogP contribution in [0.1, 0.15) is 6.42 Å². The van der Waals surface area contributed by atoms with E-state index in [1.807, 2.05) is 0 Å². The molecule has 54 valence electrons. The van der Waals surface area contributed by atoms with E-state index in [2.05, 4.69) is 4.74 Å². The SMILES string of the molecule is OC1C[C@H](O)[C@H](O)CO1. The standard InChI is InChI=1S/C5H10O4/c6-3-1-5(8)9-2-4(3)7/h3-8H,1-2H2/t3-,4+,5?/m0/s1. The van der Waals surface area contributed by atoms with Gasteiger partial charge in [-0.3, -0.25) is 0 Å². The first-order chi connectivity index (χ1) is 4.20. The van der Waals surface area contributed by atoms with Crippen LogP contribution in [0.3, 0.4) is 0 Å². The number of aliphatic hydroxyl groups is 3. The zero-order valence-electron chi connectivity index (χ0n) is 4.90. The second-order valence-electron chi connectivity index (χ2n) is 2.16. The fourth-order valence-electron chi connectivity index (χ4n) is 0.752. The molecule has 1 aliphatic heterocycles. The largest absolute Gasteiger partial charge is 0.390 e. The maximum atomic E-state index is 8.86. The van der Waals surface area contributed by atoms with E-state index in [4.69, 9.17) is 15.3 Å². The summed E-state index contributed by atoms with van der Waals surface area (Å²) in [4.78, 5) is 0. The van der Waals surface area contributed by atoms with Crippen molar-refractivity contribution in [1.82, 2.24) is 0 Å². The molecule has 0 aromatic heterocycles. The molecule has 0 aromatic carbocycles. The lowest BCUT2D eigenvalue weighted by molar-refractivity contribution is -0.193. The summed E-state index contributed by atoms with van der Waals surface area (Å²) in [6.45, 7) is 0.0162. The van der Waals surface area contributed by atoms with Crippen molar-refractivity contribution in [3.8, 4) is 0 Å². The van der Waals surface area contributed by atoms with Crippen molar-refractivity contribution >= 4 is 0 Å². The molecule has 3 N–H and O–H groups in total. The van der Waals surface area contributed by atoms with Gasteiger partial charge in [-0.15, -0.1) is 0 Å². The van der Waals surface area contributed by atoms with E-state index in [1.165, 1.54) is 0 Å². The molecule has 0 spiro atoms. The maximum absolute atomic E-state index is 8.86. The zero-order chi connectivity index (χ0) is 6.85. The second kappa shape index (κ2) is 2.62. The monoisotopic (exact) mass is 134 g/mol. The van der Waals surface area contributed by atoms with Crippen molar-refractivity contribution in [2.45, 2.75) is 24.9 Å². The molecule has 0 bridgehead atoms. The summed E-state index contributed by atoms with van der Waals surface area (Å²) in [6, 6.07) is 0. The highest BCUT2D eigenvalue weighted by atomic mass is 16.6. The van der Waals surface area contributed by atoms with E-state index >= 15 is 0 Å². The fourth-order valence-corrected chi connectivity index (χ4v) is 0.752. The van der Waals surface area contributed by atoms with Crippen LogP contribution in [-0.2, 0) is 4.74 Å². The third-order valence-electron chi connectivity index (χ3n) is 1.35. The highest BCUT2D eigenvalue weighted by molar-refractivity contribution is 4.72. The maximum Gasteiger partial charge on any atom is 0.157 e. The summed E-state index contributed by atoms with van der Waals surface area (Å²) in [7, 11) is 0. The first-order valence-electron chi connectivity index (χ1n) is 2.86. The van der Waals surface area contributed by atoms with Crippen LogP contribution in [0.15, 0.2) is 0 Å². The van der Waals surface area contributed by atoms with Gasteiger partial charge in [0, 0.05) is 6.42 Å². The third-order valence-corrected chi connectivity index (χ3v) is 1.35. The van der Waals surface area contributed by atoms with Crippen molar-refractivity contribution in [3.05, 3.63) is 0 Å². The minimum atomic E-state index is -0.914. The summed E-state index contributed by atoms with van der Waals surface area (Å²) in [5.41, 5.74) is 0. The van der Waals surface area contributed by atoms with Gasteiger partial charge in [-0.1, -0.05) is 0 Å². The highest BCUT2D eigenvalue weighted by Gasteiger charge is 2.26. The van der Waals surface area contributed by atoms with E-state index < -0.39 is 18.5 Å². The van der Waals surface area contributed by atoms with Crippen LogP contribution in [0.25, 0.3) is 0 Å². The quantitative estimate of drug-likeness (QED) is 0.375. The molecule has 1 heterocycles. The Hall–Kier alpha value is -0.160. The minimum absolute atomic E-state index is 0.0162. The van der Waals surface area contributed by atoms with E-state index in [0.717, 1.165) is 0 Å². The van der Waals surface area contributed by atoms with Crippen LogP contribution in [0.5, 0.6) is 0 Å². The Balaban J connectivity index is 2.35. The zero-order valence-corrected chi connectivity index (χ0v) is 4.90. The van der Waals surface area contributed by atoms with Crippen molar-refractivity contribution < 1.29 is 20.1 Å². The van der Waals surface area contributed by atoms with Gasteiger partial charge in [0.1, 0.15) is 6.10 Å². The van der Waals surface area contributed by atoms with Gasteiger partial charge in [-0.05, 0) is 0 Å². The molecule has 1 unspecified atom stereocenters. The van der Waals surface area contributed by atoms with Crippen LogP contribution < -0.4 is 0 Å². The average Bonchev–Trinajstić information content (AvgIpc) is 1.80. The molecule has 0 saturated carbocycles. The second-order valence-corrected chi connectivity index (χ2v) is 2.16. The van der Waals surface area contributed by atoms with Crippen molar-refractivity contribution in [2.75, 3.05) is 6.61 Å². The Kier molecular flexibility index (Phi) is 2.02. The van der Waals surface area contributed by atoms with E-state index in [-0.39, 0.29) is 13.0 Å². The van der Waals surface area contributed by atoms with E-state index in [9.17, 15) is 0 Å². The number of hydrogen-bond donors (Lipinski definition) is 3. The minimum Gasteiger partial charge on any atom is -0.390 e. The topological polar surface area (TPSA) is 69.9 Å². The molecule has 4 nitrogen and oxygen atoms in total. The van der Waals surface area contributed by atoms with Gasteiger partial charge in [0.25, 0.3) is 0 Å². The van der Waals surface area contributed by atoms with Crippen LogP contribution in [0.2, 0.25) is 0 Å². The number of hydrogen-bond acceptors (Lipinski definition) is 4. The molecule has 9 heavy (non-hydrogen) atoms. The number of rotatable bonds is 0.